The van der Waals surface area contributed by atoms with Gasteiger partial charge in [-0.15, -0.1) is 0 Å². The molecule has 148 valence electrons. The van der Waals surface area contributed by atoms with Crippen LogP contribution in [0.15, 0.2) is 0 Å². The van der Waals surface area contributed by atoms with Crippen LogP contribution < -0.4 is 0 Å². The molecule has 0 radical (unpaired) electrons. The smallest absolute Gasteiger partial charge is 0.191 e. The van der Waals surface area contributed by atoms with Crippen LogP contribution in [0, 0.1) is 5.92 Å². The van der Waals surface area contributed by atoms with E-state index in [2.05, 4.69) is 51.3 Å². The topological polar surface area (TPSA) is 32.8 Å². The molecule has 5 heteroatoms. The molecule has 0 saturated carbocycles. The number of carbonyl (C=O) groups excluding carboxylic acids is 1. The molecule has 25 heavy (non-hydrogen) atoms. The molecule has 4 nitrogen and oxygen atoms in total. The van der Waals surface area contributed by atoms with Gasteiger partial charge in [-0.3, -0.25) is 14.6 Å². The van der Waals surface area contributed by atoms with Crippen molar-refractivity contribution in [2.24, 2.45) is 5.92 Å². The Morgan fingerprint density at radius 1 is 1.00 bits per heavy atom. The monoisotopic (exact) mass is 372 g/mol. The van der Waals surface area contributed by atoms with Crippen molar-refractivity contribution < 1.29 is 9.53 Å². The number of rotatable bonds is 9. The molecule has 1 rings (SSSR count). The summed E-state index contributed by atoms with van der Waals surface area (Å²) in [5, 5.41) is 0.260. The first-order valence-electron chi connectivity index (χ1n) is 9.96. The highest BCUT2D eigenvalue weighted by Crippen LogP contribution is 2.30. The molecule has 0 spiro atoms. The Labute approximate surface area is 160 Å². The lowest BCUT2D eigenvalue weighted by Gasteiger charge is -2.54. The molecule has 1 aliphatic rings. The Hall–Kier alpha value is -0.100. The molecule has 0 aromatic heterocycles. The molecule has 1 saturated heterocycles. The second-order valence-corrected chi connectivity index (χ2v) is 9.32. The molecule has 2 unspecified atom stereocenters. The maximum atomic E-state index is 11.6. The Bertz CT molecular complexity index is 381. The van der Waals surface area contributed by atoms with Crippen molar-refractivity contribution in [2.75, 3.05) is 19.0 Å². The fraction of sp³-hybridized carbons (Fsp3) is 0.950. The fourth-order valence-electron chi connectivity index (χ4n) is 4.14. The van der Waals surface area contributed by atoms with E-state index < -0.39 is 0 Å². The maximum Gasteiger partial charge on any atom is 0.191 e. The van der Waals surface area contributed by atoms with Gasteiger partial charge in [-0.2, -0.15) is 0 Å². The molecule has 1 fully saturated rings. The zero-order chi connectivity index (χ0) is 19.1. The number of hydrogen-bond acceptors (Lipinski definition) is 5. The van der Waals surface area contributed by atoms with Crippen LogP contribution in [0.2, 0.25) is 0 Å². The summed E-state index contributed by atoms with van der Waals surface area (Å²) in [6, 6.07) is 2.28. The molecule has 0 bridgehead atoms. The predicted octanol–water partition coefficient (Wildman–Crippen LogP) is 4.24. The van der Waals surface area contributed by atoms with Crippen LogP contribution in [0.4, 0.5) is 0 Å². The Morgan fingerprint density at radius 3 is 1.96 bits per heavy atom. The van der Waals surface area contributed by atoms with Crippen molar-refractivity contribution in [1.82, 2.24) is 9.80 Å². The van der Waals surface area contributed by atoms with Gasteiger partial charge in [-0.25, -0.2) is 0 Å². The number of ether oxygens (including phenoxy) is 1. The minimum absolute atomic E-state index is 0.106. The summed E-state index contributed by atoms with van der Waals surface area (Å²) in [7, 11) is 0. The lowest BCUT2D eigenvalue weighted by atomic mass is 9.96. The van der Waals surface area contributed by atoms with E-state index in [-0.39, 0.29) is 11.0 Å². The van der Waals surface area contributed by atoms with Gasteiger partial charge in [0.05, 0.1) is 12.8 Å². The molecule has 1 heterocycles. The van der Waals surface area contributed by atoms with Crippen LogP contribution in [-0.2, 0) is 9.53 Å². The molecule has 1 aliphatic heterocycles. The first-order valence-corrected chi connectivity index (χ1v) is 10.9. The van der Waals surface area contributed by atoms with Gasteiger partial charge in [-0.05, 0) is 54.4 Å². The molecular weight excluding hydrogens is 332 g/mol. The van der Waals surface area contributed by atoms with Crippen LogP contribution in [0.1, 0.15) is 68.2 Å². The zero-order valence-corrected chi connectivity index (χ0v) is 18.4. The zero-order valence-electron chi connectivity index (χ0n) is 17.6. The van der Waals surface area contributed by atoms with Crippen LogP contribution in [0.3, 0.4) is 0 Å². The third kappa shape index (κ3) is 6.85. The van der Waals surface area contributed by atoms with E-state index in [0.717, 1.165) is 18.8 Å². The Balaban J connectivity index is 2.53. The van der Waals surface area contributed by atoms with E-state index in [1.807, 2.05) is 13.8 Å². The van der Waals surface area contributed by atoms with Crippen molar-refractivity contribution in [2.45, 2.75) is 98.6 Å². The van der Waals surface area contributed by atoms with E-state index in [9.17, 15) is 4.79 Å². The average molecular weight is 373 g/mol. The van der Waals surface area contributed by atoms with Crippen molar-refractivity contribution in [3.05, 3.63) is 0 Å². The van der Waals surface area contributed by atoms with Crippen LogP contribution in [-0.4, -0.2) is 64.2 Å². The SMILES string of the molecule is CC(C)C(=O)SCCOCCC1N(C(C)C)C(C)CC(C)N1C(C)C. The summed E-state index contributed by atoms with van der Waals surface area (Å²) in [4.78, 5) is 16.9. The molecule has 0 aromatic rings. The van der Waals surface area contributed by atoms with E-state index in [4.69, 9.17) is 4.74 Å². The molecule has 0 N–H and O–H groups in total. The van der Waals surface area contributed by atoms with Crippen molar-refractivity contribution >= 4 is 16.9 Å². The summed E-state index contributed by atoms with van der Waals surface area (Å²) in [6.07, 6.45) is 2.68. The van der Waals surface area contributed by atoms with Gasteiger partial charge in [0, 0.05) is 42.4 Å². The van der Waals surface area contributed by atoms with Gasteiger partial charge in [0.25, 0.3) is 0 Å². The van der Waals surface area contributed by atoms with Crippen molar-refractivity contribution in [3.63, 3.8) is 0 Å². The minimum atomic E-state index is 0.106. The van der Waals surface area contributed by atoms with Crippen LogP contribution in [0.5, 0.6) is 0 Å². The lowest BCUT2D eigenvalue weighted by Crippen LogP contribution is -2.64. The van der Waals surface area contributed by atoms with Gasteiger partial charge in [0.2, 0.25) is 0 Å². The lowest BCUT2D eigenvalue weighted by molar-refractivity contribution is -0.113. The normalized spacial score (nSPS) is 26.1. The van der Waals surface area contributed by atoms with Crippen LogP contribution >= 0.6 is 11.8 Å². The fourth-order valence-corrected chi connectivity index (χ4v) is 4.88. The second-order valence-electron chi connectivity index (χ2n) is 8.22. The van der Waals surface area contributed by atoms with E-state index in [0.29, 0.717) is 36.9 Å². The Morgan fingerprint density at radius 2 is 1.52 bits per heavy atom. The summed E-state index contributed by atoms with van der Waals surface area (Å²) in [5.74, 6) is 0.866. The molecular formula is C20H40N2O2S. The largest absolute Gasteiger partial charge is 0.380 e. The highest BCUT2D eigenvalue weighted by molar-refractivity contribution is 8.13. The standard InChI is InChI=1S/C20H40N2O2S/c1-14(2)20(23)25-12-11-24-10-9-19-21(15(3)4)17(7)13-18(8)22(19)16(5)6/h14-19H,9-13H2,1-8H3. The quantitative estimate of drug-likeness (QED) is 0.565. The maximum absolute atomic E-state index is 11.6. The number of hydrogen-bond donors (Lipinski definition) is 0. The summed E-state index contributed by atoms with van der Waals surface area (Å²) >= 11 is 1.40. The van der Waals surface area contributed by atoms with Gasteiger partial charge >= 0.3 is 0 Å². The van der Waals surface area contributed by atoms with Gasteiger partial charge in [0.1, 0.15) is 0 Å². The highest BCUT2D eigenvalue weighted by atomic mass is 32.2. The summed E-state index contributed by atoms with van der Waals surface area (Å²) in [6.45, 7) is 19.2. The van der Waals surface area contributed by atoms with Crippen molar-refractivity contribution in [1.29, 1.82) is 0 Å². The third-order valence-corrected chi connectivity index (χ3v) is 6.17. The first kappa shape index (κ1) is 22.9. The number of nitrogens with zero attached hydrogens (tertiary/aromatic N) is 2. The van der Waals surface area contributed by atoms with E-state index >= 15 is 0 Å². The van der Waals surface area contributed by atoms with Gasteiger partial charge < -0.3 is 4.74 Å². The highest BCUT2D eigenvalue weighted by Gasteiger charge is 2.39. The summed E-state index contributed by atoms with van der Waals surface area (Å²) < 4.78 is 5.87. The van der Waals surface area contributed by atoms with Gasteiger partial charge in [0.15, 0.2) is 5.12 Å². The van der Waals surface area contributed by atoms with Crippen LogP contribution in [0.25, 0.3) is 0 Å². The first-order chi connectivity index (χ1) is 11.7. The molecule has 0 aromatic carbocycles. The van der Waals surface area contributed by atoms with E-state index in [1.165, 1.54) is 18.2 Å². The molecule has 0 aliphatic carbocycles. The predicted molar refractivity (Wildman–Crippen MR) is 109 cm³/mol. The number of carbonyl (C=O) groups is 1. The molecule has 2 atom stereocenters. The minimum Gasteiger partial charge on any atom is -0.380 e. The van der Waals surface area contributed by atoms with E-state index in [1.54, 1.807) is 0 Å². The number of thioether (sulfide) groups is 1. The van der Waals surface area contributed by atoms with Gasteiger partial charge in [-0.1, -0.05) is 25.6 Å². The average Bonchev–Trinajstić information content (AvgIpc) is 2.48. The summed E-state index contributed by atoms with van der Waals surface area (Å²) in [5.41, 5.74) is 0. The third-order valence-electron chi connectivity index (χ3n) is 5.04. The van der Waals surface area contributed by atoms with Crippen molar-refractivity contribution in [3.8, 4) is 0 Å². The molecule has 0 amide bonds. The second kappa shape index (κ2) is 10.9. The Kier molecular flexibility index (Phi) is 10.0.